The van der Waals surface area contributed by atoms with Crippen molar-refractivity contribution in [1.82, 2.24) is 4.98 Å². The van der Waals surface area contributed by atoms with Crippen LogP contribution in [-0.4, -0.2) is 38.1 Å². The van der Waals surface area contributed by atoms with Crippen molar-refractivity contribution in [1.29, 1.82) is 0 Å². The quantitative estimate of drug-likeness (QED) is 0.345. The molecule has 1 aromatic heterocycles. The molecule has 28 heavy (non-hydrogen) atoms. The summed E-state index contributed by atoms with van der Waals surface area (Å²) in [6.45, 7) is 3.58. The number of rotatable bonds is 8. The van der Waals surface area contributed by atoms with Gasteiger partial charge in [-0.1, -0.05) is 18.3 Å². The van der Waals surface area contributed by atoms with Crippen LogP contribution in [0, 0.1) is 5.41 Å². The summed E-state index contributed by atoms with van der Waals surface area (Å²) in [6.07, 6.45) is 1.62. The molecule has 0 aliphatic heterocycles. The number of hydrogen-bond acceptors (Lipinski definition) is 8. The third kappa shape index (κ3) is 5.16. The van der Waals surface area contributed by atoms with E-state index in [4.69, 9.17) is 9.47 Å². The minimum atomic E-state index is -5.74. The van der Waals surface area contributed by atoms with Gasteiger partial charge in [-0.3, -0.25) is 4.79 Å². The van der Waals surface area contributed by atoms with E-state index >= 15 is 0 Å². The Labute approximate surface area is 164 Å². The van der Waals surface area contributed by atoms with Crippen LogP contribution in [0.2, 0.25) is 0 Å². The van der Waals surface area contributed by atoms with Crippen LogP contribution < -0.4 is 4.74 Å². The van der Waals surface area contributed by atoms with Crippen molar-refractivity contribution in [2.24, 2.45) is 5.41 Å². The van der Waals surface area contributed by atoms with E-state index in [1.165, 1.54) is 11.3 Å². The molecule has 0 spiro atoms. The Morgan fingerprint density at radius 1 is 1.36 bits per heavy atom. The molecule has 7 nitrogen and oxygen atoms in total. The second-order valence-corrected chi connectivity index (χ2v) is 8.46. The summed E-state index contributed by atoms with van der Waals surface area (Å²) in [5, 5.41) is 2.19. The molecule has 0 radical (unpaired) electrons. The molecule has 0 fully saturated rings. The van der Waals surface area contributed by atoms with E-state index in [1.807, 2.05) is 12.3 Å². The number of esters is 1. The van der Waals surface area contributed by atoms with E-state index in [1.54, 1.807) is 6.92 Å². The molecule has 1 heterocycles. The van der Waals surface area contributed by atoms with Crippen molar-refractivity contribution in [3.05, 3.63) is 22.9 Å². The maximum absolute atomic E-state index is 12.5. The minimum absolute atomic E-state index is 0.0110. The van der Waals surface area contributed by atoms with Crippen molar-refractivity contribution in [3.63, 3.8) is 0 Å². The van der Waals surface area contributed by atoms with Crippen molar-refractivity contribution in [2.75, 3.05) is 13.2 Å². The Balaban J connectivity index is 2.14. The largest absolute Gasteiger partial charge is 0.534 e. The van der Waals surface area contributed by atoms with Crippen LogP contribution in [0.5, 0.6) is 5.19 Å². The normalized spacial score (nSPS) is 20.4. The second-order valence-electron chi connectivity index (χ2n) is 6.11. The highest BCUT2D eigenvalue weighted by Crippen LogP contribution is 2.39. The first-order chi connectivity index (χ1) is 13.0. The summed E-state index contributed by atoms with van der Waals surface area (Å²) >= 11 is 1.27. The van der Waals surface area contributed by atoms with Crippen molar-refractivity contribution in [2.45, 2.75) is 45.0 Å². The molecule has 158 valence electrons. The van der Waals surface area contributed by atoms with Crippen molar-refractivity contribution >= 4 is 27.4 Å². The van der Waals surface area contributed by atoms with Crippen LogP contribution in [0.3, 0.4) is 0 Å². The number of ether oxygens (including phenoxy) is 2. The monoisotopic (exact) mass is 443 g/mol. The highest BCUT2D eigenvalue weighted by molar-refractivity contribution is 7.87. The topological polar surface area (TPSA) is 91.8 Å². The first kappa shape index (κ1) is 22.5. The first-order valence-electron chi connectivity index (χ1n) is 8.47. The number of thiazole rings is 1. The highest BCUT2D eigenvalue weighted by Gasteiger charge is 2.50. The van der Waals surface area contributed by atoms with Gasteiger partial charge in [-0.2, -0.15) is 21.6 Å². The molecule has 0 N–H and O–H groups in total. The number of aryl methyl sites for hydroxylation is 1. The Morgan fingerprint density at radius 3 is 2.57 bits per heavy atom. The van der Waals surface area contributed by atoms with Crippen LogP contribution in [0.4, 0.5) is 13.2 Å². The molecule has 0 bridgehead atoms. The number of halogens is 3. The Bertz CT molecular complexity index is 834. The number of alkyl halides is 3. The van der Waals surface area contributed by atoms with Gasteiger partial charge in [-0.05, 0) is 32.3 Å². The standard InChI is InChI=1S/C16H20F3NO6S2/c1-3-11-9-27-14(20-11)25-10-15(13(21)24-4-2)7-5-12(6-8-15)26-28(22,23)16(17,18)19/h5,9H,3-4,6-8,10H2,1-2H3. The van der Waals surface area contributed by atoms with Gasteiger partial charge in [-0.25, -0.2) is 4.98 Å². The van der Waals surface area contributed by atoms with Crippen LogP contribution in [0.25, 0.3) is 0 Å². The Hall–Kier alpha value is -1.82. The summed E-state index contributed by atoms with van der Waals surface area (Å²) in [7, 11) is -5.74. The van der Waals surface area contributed by atoms with E-state index in [-0.39, 0.29) is 38.2 Å². The molecule has 2 rings (SSSR count). The molecular weight excluding hydrogens is 423 g/mol. The fraction of sp³-hybridized carbons (Fsp3) is 0.625. The average Bonchev–Trinajstić information content (AvgIpc) is 3.08. The van der Waals surface area contributed by atoms with Gasteiger partial charge in [0.25, 0.3) is 5.19 Å². The maximum atomic E-state index is 12.5. The molecular formula is C16H20F3NO6S2. The van der Waals surface area contributed by atoms with E-state index in [0.29, 0.717) is 5.19 Å². The lowest BCUT2D eigenvalue weighted by Crippen LogP contribution is -2.40. The van der Waals surface area contributed by atoms with Gasteiger partial charge >= 0.3 is 21.6 Å². The molecule has 1 atom stereocenters. The van der Waals surface area contributed by atoms with Crippen molar-refractivity contribution < 1.29 is 40.0 Å². The molecule has 12 heteroatoms. The van der Waals surface area contributed by atoms with Gasteiger partial charge in [0.05, 0.1) is 12.3 Å². The lowest BCUT2D eigenvalue weighted by molar-refractivity contribution is -0.158. The minimum Gasteiger partial charge on any atom is -0.469 e. The van der Waals surface area contributed by atoms with E-state index in [0.717, 1.165) is 18.2 Å². The average molecular weight is 443 g/mol. The molecule has 0 amide bonds. The summed E-state index contributed by atoms with van der Waals surface area (Å²) in [5.41, 5.74) is -5.85. The summed E-state index contributed by atoms with van der Waals surface area (Å²) < 4.78 is 74.6. The van der Waals surface area contributed by atoms with Crippen LogP contribution in [0.1, 0.15) is 38.8 Å². The fourth-order valence-corrected chi connectivity index (χ4v) is 3.80. The number of carbonyl (C=O) groups excluding carboxylic acids is 1. The summed E-state index contributed by atoms with van der Waals surface area (Å²) in [6, 6.07) is 0. The SMILES string of the molecule is CCOC(=O)C1(COc2nc(CC)cs2)CC=C(OS(=O)(=O)C(F)(F)F)CC1. The number of carbonyl (C=O) groups is 1. The third-order valence-electron chi connectivity index (χ3n) is 4.14. The summed E-state index contributed by atoms with van der Waals surface area (Å²) in [4.78, 5) is 16.7. The van der Waals surface area contributed by atoms with E-state index < -0.39 is 27.0 Å². The zero-order valence-electron chi connectivity index (χ0n) is 15.2. The Kier molecular flexibility index (Phi) is 6.97. The van der Waals surface area contributed by atoms with E-state index in [9.17, 15) is 26.4 Å². The smallest absolute Gasteiger partial charge is 0.469 e. The lowest BCUT2D eigenvalue weighted by Gasteiger charge is -2.33. The Morgan fingerprint density at radius 2 is 2.07 bits per heavy atom. The van der Waals surface area contributed by atoms with Crippen molar-refractivity contribution in [3.8, 4) is 5.19 Å². The lowest BCUT2D eigenvalue weighted by atomic mass is 9.77. The zero-order chi connectivity index (χ0) is 21.0. The van der Waals surface area contributed by atoms with Crippen LogP contribution in [0.15, 0.2) is 17.2 Å². The fourth-order valence-electron chi connectivity index (χ4n) is 2.52. The third-order valence-corrected chi connectivity index (χ3v) is 5.95. The molecule has 1 aliphatic carbocycles. The van der Waals surface area contributed by atoms with Gasteiger partial charge in [0.2, 0.25) is 0 Å². The number of hydrogen-bond donors (Lipinski definition) is 0. The predicted octanol–water partition coefficient (Wildman–Crippen LogP) is 3.57. The maximum Gasteiger partial charge on any atom is 0.534 e. The van der Waals surface area contributed by atoms with Gasteiger partial charge in [-0.15, -0.1) is 0 Å². The number of aromatic nitrogens is 1. The number of nitrogens with zero attached hydrogens (tertiary/aromatic N) is 1. The predicted molar refractivity (Wildman–Crippen MR) is 94.0 cm³/mol. The van der Waals surface area contributed by atoms with Crippen LogP contribution in [-0.2, 0) is 30.3 Å². The van der Waals surface area contributed by atoms with Gasteiger partial charge < -0.3 is 13.7 Å². The number of allylic oxidation sites excluding steroid dienone is 2. The van der Waals surface area contributed by atoms with Gasteiger partial charge in [0.1, 0.15) is 17.8 Å². The van der Waals surface area contributed by atoms with Gasteiger partial charge in [0, 0.05) is 11.8 Å². The molecule has 1 unspecified atom stereocenters. The molecule has 1 aliphatic rings. The molecule has 0 saturated carbocycles. The highest BCUT2D eigenvalue weighted by atomic mass is 32.2. The van der Waals surface area contributed by atoms with E-state index in [2.05, 4.69) is 9.17 Å². The van der Waals surface area contributed by atoms with Gasteiger partial charge in [0.15, 0.2) is 0 Å². The second kappa shape index (κ2) is 8.68. The summed E-state index contributed by atoms with van der Waals surface area (Å²) in [5.74, 6) is -0.934. The molecule has 1 aromatic rings. The molecule has 0 saturated heterocycles. The van der Waals surface area contributed by atoms with Crippen LogP contribution >= 0.6 is 11.3 Å². The first-order valence-corrected chi connectivity index (χ1v) is 10.8. The molecule has 0 aromatic carbocycles. The zero-order valence-corrected chi connectivity index (χ0v) is 16.9.